The van der Waals surface area contributed by atoms with Crippen molar-refractivity contribution in [1.29, 1.82) is 0 Å². The third-order valence-corrected chi connectivity index (χ3v) is 3.21. The molecule has 1 heterocycles. The van der Waals surface area contributed by atoms with Gasteiger partial charge in [-0.1, -0.05) is 28.1 Å². The number of hydrogen-bond donors (Lipinski definition) is 1. The number of aryl methyl sites for hydroxylation is 2. The number of halogens is 1. The molecule has 1 unspecified atom stereocenters. The van der Waals surface area contributed by atoms with Crippen LogP contribution in [0.5, 0.6) is 0 Å². The van der Waals surface area contributed by atoms with Crippen LogP contribution in [-0.4, -0.2) is 21.3 Å². The molecule has 0 fully saturated rings. The maximum atomic E-state index is 5.85. The molecule has 5 heteroatoms. The summed E-state index contributed by atoms with van der Waals surface area (Å²) < 4.78 is 2.95. The smallest absolute Gasteiger partial charge is 0.147 e. The third-order valence-electron chi connectivity index (χ3n) is 2.68. The van der Waals surface area contributed by atoms with Gasteiger partial charge in [0, 0.05) is 11.0 Å². The second-order valence-electron chi connectivity index (χ2n) is 3.95. The summed E-state index contributed by atoms with van der Waals surface area (Å²) in [6.45, 7) is 4.34. The monoisotopic (exact) mass is 294 g/mol. The molecule has 0 saturated heterocycles. The highest BCUT2D eigenvalue weighted by Crippen LogP contribution is 2.20. The van der Waals surface area contributed by atoms with E-state index in [0.717, 1.165) is 21.7 Å². The van der Waals surface area contributed by atoms with Crippen LogP contribution in [0.15, 0.2) is 28.7 Å². The molecule has 17 heavy (non-hydrogen) atoms. The Kier molecular flexibility index (Phi) is 3.59. The zero-order valence-electron chi connectivity index (χ0n) is 9.89. The Balaban J connectivity index is 2.39. The summed E-state index contributed by atoms with van der Waals surface area (Å²) in [7, 11) is 0. The molecule has 0 aliphatic rings. The van der Waals surface area contributed by atoms with Crippen molar-refractivity contribution in [2.45, 2.75) is 19.9 Å². The molecule has 0 aliphatic heterocycles. The Morgan fingerprint density at radius 1 is 1.29 bits per heavy atom. The van der Waals surface area contributed by atoms with Gasteiger partial charge in [-0.05, 0) is 31.5 Å². The van der Waals surface area contributed by atoms with Gasteiger partial charge in [0.05, 0.1) is 6.04 Å². The van der Waals surface area contributed by atoms with E-state index in [9.17, 15) is 0 Å². The lowest BCUT2D eigenvalue weighted by Crippen LogP contribution is -2.22. The van der Waals surface area contributed by atoms with Gasteiger partial charge in [-0.3, -0.25) is 0 Å². The number of aromatic nitrogens is 3. The summed E-state index contributed by atoms with van der Waals surface area (Å²) in [5.41, 5.74) is 7.00. The summed E-state index contributed by atoms with van der Waals surface area (Å²) in [5.74, 6) is 1.67. The average molecular weight is 295 g/mol. The second kappa shape index (κ2) is 4.98. The fourth-order valence-electron chi connectivity index (χ4n) is 1.89. The van der Waals surface area contributed by atoms with Crippen molar-refractivity contribution in [1.82, 2.24) is 14.8 Å². The molecule has 1 aromatic heterocycles. The van der Waals surface area contributed by atoms with E-state index in [0.29, 0.717) is 6.54 Å². The molecule has 0 spiro atoms. The normalized spacial score (nSPS) is 12.7. The highest BCUT2D eigenvalue weighted by molar-refractivity contribution is 9.10. The maximum Gasteiger partial charge on any atom is 0.147 e. The largest absolute Gasteiger partial charge is 0.328 e. The van der Waals surface area contributed by atoms with Gasteiger partial charge in [-0.15, -0.1) is 0 Å². The first-order chi connectivity index (χ1) is 8.11. The topological polar surface area (TPSA) is 56.7 Å². The Morgan fingerprint density at radius 3 is 2.41 bits per heavy atom. The van der Waals surface area contributed by atoms with Crippen LogP contribution in [0.1, 0.15) is 23.3 Å². The van der Waals surface area contributed by atoms with Crippen LogP contribution in [0.2, 0.25) is 0 Å². The van der Waals surface area contributed by atoms with Crippen LogP contribution < -0.4 is 5.73 Å². The fourth-order valence-corrected chi connectivity index (χ4v) is 2.16. The first kappa shape index (κ1) is 12.3. The van der Waals surface area contributed by atoms with Gasteiger partial charge in [-0.25, -0.2) is 9.67 Å². The van der Waals surface area contributed by atoms with Gasteiger partial charge >= 0.3 is 0 Å². The zero-order chi connectivity index (χ0) is 12.4. The Hall–Kier alpha value is -1.20. The predicted molar refractivity (Wildman–Crippen MR) is 70.8 cm³/mol. The lowest BCUT2D eigenvalue weighted by molar-refractivity contribution is 0.514. The Morgan fingerprint density at radius 2 is 1.94 bits per heavy atom. The maximum absolute atomic E-state index is 5.85. The van der Waals surface area contributed by atoms with E-state index in [1.54, 1.807) is 0 Å². The summed E-state index contributed by atoms with van der Waals surface area (Å²) in [5, 5.41) is 4.39. The SMILES string of the molecule is Cc1nc(C)n(C(CN)c2ccc(Br)cc2)n1. The van der Waals surface area contributed by atoms with Crippen LogP contribution in [0.4, 0.5) is 0 Å². The zero-order valence-corrected chi connectivity index (χ0v) is 11.5. The van der Waals surface area contributed by atoms with Crippen molar-refractivity contribution < 1.29 is 0 Å². The first-order valence-corrected chi connectivity index (χ1v) is 6.26. The van der Waals surface area contributed by atoms with Gasteiger partial charge in [0.15, 0.2) is 0 Å². The molecule has 2 aromatic rings. The third kappa shape index (κ3) is 2.56. The molecule has 1 atom stereocenters. The molecule has 2 rings (SSSR count). The summed E-state index contributed by atoms with van der Waals surface area (Å²) in [4.78, 5) is 4.31. The minimum atomic E-state index is 0.0456. The van der Waals surface area contributed by atoms with E-state index in [1.807, 2.05) is 30.7 Å². The molecule has 4 nitrogen and oxygen atoms in total. The second-order valence-corrected chi connectivity index (χ2v) is 4.87. The lowest BCUT2D eigenvalue weighted by atomic mass is 10.1. The number of hydrogen-bond acceptors (Lipinski definition) is 3. The van der Waals surface area contributed by atoms with Crippen molar-refractivity contribution in [2.24, 2.45) is 5.73 Å². The van der Waals surface area contributed by atoms with E-state index in [-0.39, 0.29) is 6.04 Å². The Labute approximate surface area is 109 Å². The molecule has 0 bridgehead atoms. The highest BCUT2D eigenvalue weighted by atomic mass is 79.9. The van der Waals surface area contributed by atoms with E-state index < -0.39 is 0 Å². The van der Waals surface area contributed by atoms with Crippen LogP contribution in [0.25, 0.3) is 0 Å². The average Bonchev–Trinajstić information content (AvgIpc) is 2.62. The van der Waals surface area contributed by atoms with E-state index in [2.05, 4.69) is 38.1 Å². The number of rotatable bonds is 3. The molecule has 1 aromatic carbocycles. The molecule has 2 N–H and O–H groups in total. The fraction of sp³-hybridized carbons (Fsp3) is 0.333. The van der Waals surface area contributed by atoms with Gasteiger partial charge in [-0.2, -0.15) is 5.10 Å². The van der Waals surface area contributed by atoms with Crippen molar-refractivity contribution in [2.75, 3.05) is 6.54 Å². The summed E-state index contributed by atoms with van der Waals surface area (Å²) in [6, 6.07) is 8.17. The number of nitrogens with zero attached hydrogens (tertiary/aromatic N) is 3. The van der Waals surface area contributed by atoms with Crippen molar-refractivity contribution >= 4 is 15.9 Å². The van der Waals surface area contributed by atoms with Gasteiger partial charge in [0.2, 0.25) is 0 Å². The molecule has 0 radical (unpaired) electrons. The number of nitrogens with two attached hydrogens (primary N) is 1. The molecule has 90 valence electrons. The van der Waals surface area contributed by atoms with Crippen molar-refractivity contribution in [3.05, 3.63) is 46.0 Å². The van der Waals surface area contributed by atoms with Crippen molar-refractivity contribution in [3.8, 4) is 0 Å². The molecule has 0 aliphatic carbocycles. The van der Waals surface area contributed by atoms with Crippen molar-refractivity contribution in [3.63, 3.8) is 0 Å². The van der Waals surface area contributed by atoms with Crippen LogP contribution in [-0.2, 0) is 0 Å². The quantitative estimate of drug-likeness (QED) is 0.944. The summed E-state index contributed by atoms with van der Waals surface area (Å²) in [6.07, 6.45) is 0. The van der Waals surface area contributed by atoms with Crippen LogP contribution in [0, 0.1) is 13.8 Å². The Bertz CT molecular complexity index is 504. The van der Waals surface area contributed by atoms with Crippen LogP contribution >= 0.6 is 15.9 Å². The standard InChI is InChI=1S/C12H15BrN4/c1-8-15-9(2)17(16-8)12(7-14)10-3-5-11(13)6-4-10/h3-6,12H,7,14H2,1-2H3. The molecular weight excluding hydrogens is 280 g/mol. The van der Waals surface area contributed by atoms with Gasteiger partial charge < -0.3 is 5.73 Å². The molecule has 0 amide bonds. The molecule has 0 saturated carbocycles. The predicted octanol–water partition coefficient (Wildman–Crippen LogP) is 2.21. The minimum Gasteiger partial charge on any atom is -0.328 e. The number of benzene rings is 1. The molecular formula is C12H15BrN4. The highest BCUT2D eigenvalue weighted by Gasteiger charge is 2.15. The van der Waals surface area contributed by atoms with Crippen LogP contribution in [0.3, 0.4) is 0 Å². The van der Waals surface area contributed by atoms with E-state index in [1.165, 1.54) is 0 Å². The summed E-state index contributed by atoms with van der Waals surface area (Å²) >= 11 is 3.43. The minimum absolute atomic E-state index is 0.0456. The van der Waals surface area contributed by atoms with Gasteiger partial charge in [0.25, 0.3) is 0 Å². The van der Waals surface area contributed by atoms with Gasteiger partial charge in [0.1, 0.15) is 11.6 Å². The van der Waals surface area contributed by atoms with E-state index in [4.69, 9.17) is 5.73 Å². The van der Waals surface area contributed by atoms with E-state index >= 15 is 0 Å². The lowest BCUT2D eigenvalue weighted by Gasteiger charge is -2.16. The first-order valence-electron chi connectivity index (χ1n) is 5.47.